The van der Waals surface area contributed by atoms with Crippen molar-refractivity contribution in [2.45, 2.75) is 38.5 Å². The molecule has 1 aromatic heterocycles. The smallest absolute Gasteiger partial charge is 0.240 e. The third kappa shape index (κ3) is 4.26. The Bertz CT molecular complexity index is 514. The Morgan fingerprint density at radius 2 is 2.37 bits per heavy atom. The zero-order valence-electron chi connectivity index (χ0n) is 11.1. The van der Waals surface area contributed by atoms with E-state index in [0.717, 1.165) is 0 Å². The molecule has 1 aliphatic heterocycles. The first-order chi connectivity index (χ1) is 8.98. The van der Waals surface area contributed by atoms with Crippen LogP contribution in [0.4, 0.5) is 0 Å². The first kappa shape index (κ1) is 14.4. The Kier molecular flexibility index (Phi) is 4.54. The fourth-order valence-corrected chi connectivity index (χ4v) is 3.68. The summed E-state index contributed by atoms with van der Waals surface area (Å²) in [6, 6.07) is -0.0155. The van der Waals surface area contributed by atoms with Crippen molar-refractivity contribution in [1.29, 1.82) is 0 Å². The SMILES string of the molecule is COC(C)Cc1noc(CNC2CCS(=O)(=O)C2)n1. The van der Waals surface area contributed by atoms with Crippen LogP contribution in [0, 0.1) is 0 Å². The number of rotatable bonds is 6. The lowest BCUT2D eigenvalue weighted by atomic mass is 10.2. The summed E-state index contributed by atoms with van der Waals surface area (Å²) < 4.78 is 32.8. The Morgan fingerprint density at radius 3 is 3.00 bits per heavy atom. The number of aromatic nitrogens is 2. The molecule has 0 spiro atoms. The average Bonchev–Trinajstić information content (AvgIpc) is 2.93. The fourth-order valence-electron chi connectivity index (χ4n) is 1.97. The highest BCUT2D eigenvalue weighted by Gasteiger charge is 2.27. The molecule has 0 bridgehead atoms. The van der Waals surface area contributed by atoms with Gasteiger partial charge < -0.3 is 14.6 Å². The van der Waals surface area contributed by atoms with Gasteiger partial charge in [-0.1, -0.05) is 5.16 Å². The van der Waals surface area contributed by atoms with Gasteiger partial charge in [-0.25, -0.2) is 8.42 Å². The Hall–Kier alpha value is -0.990. The van der Waals surface area contributed by atoms with E-state index in [1.165, 1.54) is 0 Å². The predicted molar refractivity (Wildman–Crippen MR) is 68.4 cm³/mol. The van der Waals surface area contributed by atoms with E-state index in [1.54, 1.807) is 7.11 Å². The molecule has 1 aromatic rings. The number of hydrogen-bond donors (Lipinski definition) is 1. The number of nitrogens with one attached hydrogen (secondary N) is 1. The molecule has 7 nitrogen and oxygen atoms in total. The lowest BCUT2D eigenvalue weighted by Gasteiger charge is -2.07. The molecule has 0 saturated carbocycles. The number of methoxy groups -OCH3 is 1. The van der Waals surface area contributed by atoms with Gasteiger partial charge in [0.25, 0.3) is 0 Å². The van der Waals surface area contributed by atoms with Crippen molar-refractivity contribution in [2.75, 3.05) is 18.6 Å². The van der Waals surface area contributed by atoms with Crippen molar-refractivity contribution >= 4 is 9.84 Å². The predicted octanol–water partition coefficient (Wildman–Crippen LogP) is -0.0763. The molecule has 1 fully saturated rings. The van der Waals surface area contributed by atoms with Gasteiger partial charge in [0, 0.05) is 19.6 Å². The maximum absolute atomic E-state index is 11.3. The highest BCUT2D eigenvalue weighted by Crippen LogP contribution is 2.12. The highest BCUT2D eigenvalue weighted by atomic mass is 32.2. The van der Waals surface area contributed by atoms with Crippen molar-refractivity contribution in [3.05, 3.63) is 11.7 Å². The minimum absolute atomic E-state index is 0.0155. The molecule has 1 N–H and O–H groups in total. The molecule has 0 aromatic carbocycles. The number of ether oxygens (including phenoxy) is 1. The normalized spacial score (nSPS) is 23.6. The molecule has 2 heterocycles. The van der Waals surface area contributed by atoms with Crippen molar-refractivity contribution in [2.24, 2.45) is 0 Å². The van der Waals surface area contributed by atoms with E-state index < -0.39 is 9.84 Å². The van der Waals surface area contributed by atoms with Crippen LogP contribution in [0.3, 0.4) is 0 Å². The number of hydrogen-bond acceptors (Lipinski definition) is 7. The molecule has 1 aliphatic rings. The van der Waals surface area contributed by atoms with E-state index in [4.69, 9.17) is 9.26 Å². The van der Waals surface area contributed by atoms with Gasteiger partial charge in [0.05, 0.1) is 24.2 Å². The maximum Gasteiger partial charge on any atom is 0.240 e. The van der Waals surface area contributed by atoms with E-state index in [0.29, 0.717) is 31.1 Å². The van der Waals surface area contributed by atoms with E-state index >= 15 is 0 Å². The second kappa shape index (κ2) is 5.98. The summed E-state index contributed by atoms with van der Waals surface area (Å²) in [5.74, 6) is 1.52. The van der Waals surface area contributed by atoms with Crippen molar-refractivity contribution < 1.29 is 17.7 Å². The topological polar surface area (TPSA) is 94.3 Å². The minimum Gasteiger partial charge on any atom is -0.381 e. The van der Waals surface area contributed by atoms with Gasteiger partial charge in [0.15, 0.2) is 15.7 Å². The summed E-state index contributed by atoms with van der Waals surface area (Å²) in [6.07, 6.45) is 1.28. The maximum atomic E-state index is 11.3. The molecule has 0 aliphatic carbocycles. The van der Waals surface area contributed by atoms with Crippen LogP contribution >= 0.6 is 0 Å². The summed E-state index contributed by atoms with van der Waals surface area (Å²) in [7, 11) is -1.23. The van der Waals surface area contributed by atoms with Gasteiger partial charge >= 0.3 is 0 Å². The summed E-state index contributed by atoms with van der Waals surface area (Å²) in [4.78, 5) is 4.23. The van der Waals surface area contributed by atoms with Gasteiger partial charge in [-0.15, -0.1) is 0 Å². The molecule has 1 saturated heterocycles. The van der Waals surface area contributed by atoms with Gasteiger partial charge in [-0.05, 0) is 13.3 Å². The van der Waals surface area contributed by atoms with Gasteiger partial charge in [-0.3, -0.25) is 0 Å². The van der Waals surface area contributed by atoms with Gasteiger partial charge in [0.2, 0.25) is 5.89 Å². The van der Waals surface area contributed by atoms with Crippen LogP contribution in [0.25, 0.3) is 0 Å². The molecule has 2 atom stereocenters. The summed E-state index contributed by atoms with van der Waals surface area (Å²) in [5, 5.41) is 6.98. The second-order valence-corrected chi connectivity index (χ2v) is 7.06. The average molecular weight is 289 g/mol. The van der Waals surface area contributed by atoms with E-state index in [9.17, 15) is 8.42 Å². The third-order valence-electron chi connectivity index (χ3n) is 3.16. The van der Waals surface area contributed by atoms with Crippen LogP contribution in [-0.2, 0) is 27.5 Å². The van der Waals surface area contributed by atoms with Crippen molar-refractivity contribution in [1.82, 2.24) is 15.5 Å². The standard InChI is InChI=1S/C11H19N3O4S/c1-8(17-2)5-10-13-11(18-14-10)6-12-9-3-4-19(15,16)7-9/h8-9,12H,3-7H2,1-2H3. The largest absolute Gasteiger partial charge is 0.381 e. The first-order valence-corrected chi connectivity index (χ1v) is 8.08. The van der Waals surface area contributed by atoms with Crippen molar-refractivity contribution in [3.8, 4) is 0 Å². The minimum atomic E-state index is -2.86. The van der Waals surface area contributed by atoms with E-state index in [-0.39, 0.29) is 23.7 Å². The van der Waals surface area contributed by atoms with Gasteiger partial charge in [0.1, 0.15) is 0 Å². The molecular formula is C11H19N3O4S. The fraction of sp³-hybridized carbons (Fsp3) is 0.818. The van der Waals surface area contributed by atoms with Gasteiger partial charge in [-0.2, -0.15) is 4.98 Å². The molecule has 0 amide bonds. The quantitative estimate of drug-likeness (QED) is 0.783. The Morgan fingerprint density at radius 1 is 1.58 bits per heavy atom. The molecule has 108 valence electrons. The zero-order chi connectivity index (χ0) is 13.9. The van der Waals surface area contributed by atoms with Crippen molar-refractivity contribution in [3.63, 3.8) is 0 Å². The summed E-state index contributed by atoms with van der Waals surface area (Å²) >= 11 is 0. The molecule has 8 heteroatoms. The van der Waals surface area contributed by atoms with Crippen LogP contribution in [-0.4, -0.2) is 49.3 Å². The molecule has 19 heavy (non-hydrogen) atoms. The Labute approximate surface area is 112 Å². The number of sulfone groups is 1. The molecule has 2 rings (SSSR count). The molecule has 2 unspecified atom stereocenters. The van der Waals surface area contributed by atoms with Crippen LogP contribution in [0.2, 0.25) is 0 Å². The van der Waals surface area contributed by atoms with Crippen LogP contribution < -0.4 is 5.32 Å². The van der Waals surface area contributed by atoms with E-state index in [1.807, 2.05) is 6.92 Å². The van der Waals surface area contributed by atoms with E-state index in [2.05, 4.69) is 15.5 Å². The molecule has 0 radical (unpaired) electrons. The monoisotopic (exact) mass is 289 g/mol. The zero-order valence-corrected chi connectivity index (χ0v) is 11.9. The first-order valence-electron chi connectivity index (χ1n) is 6.26. The lowest BCUT2D eigenvalue weighted by molar-refractivity contribution is 0.116. The van der Waals surface area contributed by atoms with Crippen LogP contribution in [0.15, 0.2) is 4.52 Å². The van der Waals surface area contributed by atoms with Crippen LogP contribution in [0.5, 0.6) is 0 Å². The number of nitrogens with zero attached hydrogens (tertiary/aromatic N) is 2. The second-order valence-electron chi connectivity index (χ2n) is 4.84. The third-order valence-corrected chi connectivity index (χ3v) is 4.92. The summed E-state index contributed by atoms with van der Waals surface area (Å²) in [6.45, 7) is 2.33. The Balaban J connectivity index is 1.81. The molecular weight excluding hydrogens is 270 g/mol. The van der Waals surface area contributed by atoms with Crippen LogP contribution in [0.1, 0.15) is 25.1 Å². The summed E-state index contributed by atoms with van der Waals surface area (Å²) in [5.41, 5.74) is 0. The lowest BCUT2D eigenvalue weighted by Crippen LogP contribution is -2.29. The highest BCUT2D eigenvalue weighted by molar-refractivity contribution is 7.91.